The third-order valence-electron chi connectivity index (χ3n) is 5.96. The van der Waals surface area contributed by atoms with E-state index in [4.69, 9.17) is 14.6 Å². The first-order valence-electron chi connectivity index (χ1n) is 8.13. The average Bonchev–Trinajstić information content (AvgIpc) is 3.28. The molecule has 3 saturated heterocycles. The molecular weight excluding hydrogens is 324 g/mol. The highest BCUT2D eigenvalue weighted by atomic mass is 16.6. The van der Waals surface area contributed by atoms with Crippen molar-refractivity contribution in [2.45, 2.75) is 37.9 Å². The van der Waals surface area contributed by atoms with Crippen LogP contribution in [0.2, 0.25) is 0 Å². The van der Waals surface area contributed by atoms with Gasteiger partial charge in [-0.3, -0.25) is 9.59 Å². The number of nitrogens with zero attached hydrogens (tertiary/aromatic N) is 4. The summed E-state index contributed by atoms with van der Waals surface area (Å²) < 4.78 is 10.8. The molecule has 0 radical (unpaired) electrons. The standard InChI is InChI=1S/C17H14N4O4/c1-16-5-6-17(2,24-16)11-10(16)14(22)21(15(11)23)9-4-3-8(7-18)12-13(9)20-25-19-12/h3-4,10-11H,5-6H2,1-2H3/t10-,11+,16?,17?. The topological polar surface area (TPSA) is 109 Å². The van der Waals surface area contributed by atoms with Crippen LogP contribution in [0.25, 0.3) is 11.0 Å². The largest absolute Gasteiger partial charge is 0.367 e. The minimum atomic E-state index is -0.616. The molecule has 25 heavy (non-hydrogen) atoms. The zero-order valence-electron chi connectivity index (χ0n) is 13.6. The molecule has 3 aliphatic heterocycles. The van der Waals surface area contributed by atoms with Crippen molar-refractivity contribution in [3.63, 3.8) is 0 Å². The average molecular weight is 338 g/mol. The van der Waals surface area contributed by atoms with Crippen LogP contribution >= 0.6 is 0 Å². The molecule has 4 atom stereocenters. The van der Waals surface area contributed by atoms with Crippen LogP contribution in [-0.2, 0) is 14.3 Å². The summed E-state index contributed by atoms with van der Waals surface area (Å²) in [6.45, 7) is 3.81. The van der Waals surface area contributed by atoms with Gasteiger partial charge in [0.25, 0.3) is 0 Å². The molecule has 4 heterocycles. The highest BCUT2D eigenvalue weighted by Gasteiger charge is 2.72. The molecule has 0 saturated carbocycles. The van der Waals surface area contributed by atoms with Gasteiger partial charge in [-0.25, -0.2) is 9.53 Å². The Balaban J connectivity index is 1.68. The summed E-state index contributed by atoms with van der Waals surface area (Å²) in [5.74, 6) is -1.56. The van der Waals surface area contributed by atoms with E-state index in [1.54, 1.807) is 6.07 Å². The summed E-state index contributed by atoms with van der Waals surface area (Å²) in [4.78, 5) is 27.4. The number of rotatable bonds is 1. The van der Waals surface area contributed by atoms with Crippen LogP contribution in [0.15, 0.2) is 16.8 Å². The molecule has 2 amide bonds. The van der Waals surface area contributed by atoms with Gasteiger partial charge in [0, 0.05) is 0 Å². The van der Waals surface area contributed by atoms with Crippen molar-refractivity contribution in [3.8, 4) is 6.07 Å². The lowest BCUT2D eigenvalue weighted by Crippen LogP contribution is -2.40. The van der Waals surface area contributed by atoms with Gasteiger partial charge in [-0.05, 0) is 49.1 Å². The second kappa shape index (κ2) is 4.24. The van der Waals surface area contributed by atoms with Gasteiger partial charge >= 0.3 is 0 Å². The molecule has 2 unspecified atom stereocenters. The first kappa shape index (κ1) is 14.5. The number of carbonyl (C=O) groups excluding carboxylic acids is 2. The molecule has 0 spiro atoms. The van der Waals surface area contributed by atoms with E-state index in [9.17, 15) is 9.59 Å². The molecule has 0 aliphatic carbocycles. The smallest absolute Gasteiger partial charge is 0.240 e. The highest BCUT2D eigenvalue weighted by molar-refractivity contribution is 6.25. The van der Waals surface area contributed by atoms with Gasteiger partial charge in [-0.15, -0.1) is 0 Å². The maximum absolute atomic E-state index is 13.1. The number of carbonyl (C=O) groups is 2. The van der Waals surface area contributed by atoms with Crippen LogP contribution in [0, 0.1) is 23.2 Å². The summed E-state index contributed by atoms with van der Waals surface area (Å²) in [6.07, 6.45) is 1.51. The van der Waals surface area contributed by atoms with E-state index in [0.717, 1.165) is 12.8 Å². The minimum Gasteiger partial charge on any atom is -0.367 e. The van der Waals surface area contributed by atoms with Crippen molar-refractivity contribution in [2.24, 2.45) is 11.8 Å². The van der Waals surface area contributed by atoms with Gasteiger partial charge < -0.3 is 4.74 Å². The first-order valence-corrected chi connectivity index (χ1v) is 8.13. The Morgan fingerprint density at radius 1 is 1.12 bits per heavy atom. The lowest BCUT2D eigenvalue weighted by Gasteiger charge is -2.27. The Labute approximate surface area is 142 Å². The normalized spacial score (nSPS) is 36.3. The van der Waals surface area contributed by atoms with E-state index >= 15 is 0 Å². The summed E-state index contributed by atoms with van der Waals surface area (Å²) in [5.41, 5.74) is -0.157. The maximum atomic E-state index is 13.1. The molecule has 126 valence electrons. The van der Waals surface area contributed by atoms with Crippen molar-refractivity contribution in [2.75, 3.05) is 4.90 Å². The van der Waals surface area contributed by atoms with Gasteiger partial charge in [-0.2, -0.15) is 5.26 Å². The van der Waals surface area contributed by atoms with E-state index in [1.807, 2.05) is 19.9 Å². The quantitative estimate of drug-likeness (QED) is 0.725. The van der Waals surface area contributed by atoms with E-state index in [2.05, 4.69) is 10.3 Å². The number of benzene rings is 1. The first-order chi connectivity index (χ1) is 11.9. The minimum absolute atomic E-state index is 0.240. The Morgan fingerprint density at radius 2 is 1.72 bits per heavy atom. The molecule has 8 heteroatoms. The second-order valence-electron chi connectivity index (χ2n) is 7.40. The third kappa shape index (κ3) is 1.54. The van der Waals surface area contributed by atoms with Crippen LogP contribution in [0.5, 0.6) is 0 Å². The van der Waals surface area contributed by atoms with Gasteiger partial charge in [0.15, 0.2) is 11.0 Å². The predicted octanol–water partition coefficient (Wildman–Crippen LogP) is 1.54. The van der Waals surface area contributed by atoms with Crippen LogP contribution in [0.1, 0.15) is 32.3 Å². The number of hydrogen-bond acceptors (Lipinski definition) is 7. The summed E-state index contributed by atoms with van der Waals surface area (Å²) >= 11 is 0. The highest BCUT2D eigenvalue weighted by Crippen LogP contribution is 2.61. The summed E-state index contributed by atoms with van der Waals surface area (Å²) in [5, 5.41) is 16.7. The molecule has 3 fully saturated rings. The zero-order valence-corrected chi connectivity index (χ0v) is 13.6. The second-order valence-corrected chi connectivity index (χ2v) is 7.40. The number of amides is 2. The van der Waals surface area contributed by atoms with Gasteiger partial charge in [0.2, 0.25) is 11.8 Å². The van der Waals surface area contributed by atoms with Gasteiger partial charge in [0.1, 0.15) is 6.07 Å². The molecule has 1 aromatic carbocycles. The van der Waals surface area contributed by atoms with Crippen molar-refractivity contribution < 1.29 is 19.0 Å². The molecular formula is C17H14N4O4. The SMILES string of the molecule is CC12CCC(C)(O1)[C@H]1C(=O)N(c3ccc(C#N)c4nonc34)C(=O)[C@H]12. The molecule has 2 bridgehead atoms. The number of hydrogen-bond donors (Lipinski definition) is 0. The lowest BCUT2D eigenvalue weighted by molar-refractivity contribution is -0.129. The van der Waals surface area contributed by atoms with Crippen LogP contribution in [0.3, 0.4) is 0 Å². The fourth-order valence-electron chi connectivity index (χ4n) is 4.83. The van der Waals surface area contributed by atoms with Crippen LogP contribution < -0.4 is 4.90 Å². The number of imide groups is 1. The van der Waals surface area contributed by atoms with Crippen LogP contribution in [0.4, 0.5) is 5.69 Å². The maximum Gasteiger partial charge on any atom is 0.240 e. The molecule has 5 rings (SSSR count). The molecule has 1 aromatic heterocycles. The molecule has 2 aromatic rings. The third-order valence-corrected chi connectivity index (χ3v) is 5.96. The molecule has 3 aliphatic rings. The fourth-order valence-corrected chi connectivity index (χ4v) is 4.83. The summed E-state index contributed by atoms with van der Waals surface area (Å²) in [7, 11) is 0. The van der Waals surface area contributed by atoms with Crippen LogP contribution in [-0.4, -0.2) is 33.3 Å². The predicted molar refractivity (Wildman–Crippen MR) is 83.1 cm³/mol. The van der Waals surface area contributed by atoms with Gasteiger partial charge in [-0.1, -0.05) is 0 Å². The zero-order chi connectivity index (χ0) is 17.6. The van der Waals surface area contributed by atoms with Crippen molar-refractivity contribution >= 4 is 28.5 Å². The monoisotopic (exact) mass is 338 g/mol. The van der Waals surface area contributed by atoms with Crippen molar-refractivity contribution in [1.29, 1.82) is 5.26 Å². The Kier molecular flexibility index (Phi) is 2.47. The van der Waals surface area contributed by atoms with E-state index in [1.165, 1.54) is 11.0 Å². The summed E-state index contributed by atoms with van der Waals surface area (Å²) in [6, 6.07) is 5.07. The molecule has 8 nitrogen and oxygen atoms in total. The van der Waals surface area contributed by atoms with Crippen molar-refractivity contribution in [3.05, 3.63) is 17.7 Å². The van der Waals surface area contributed by atoms with E-state index in [0.29, 0.717) is 5.69 Å². The molecule has 0 N–H and O–H groups in total. The van der Waals surface area contributed by atoms with Crippen molar-refractivity contribution in [1.82, 2.24) is 10.3 Å². The number of nitriles is 1. The number of aromatic nitrogens is 2. The Hall–Kier alpha value is -2.79. The van der Waals surface area contributed by atoms with E-state index < -0.39 is 23.0 Å². The number of fused-ring (bicyclic) bond motifs is 6. The van der Waals surface area contributed by atoms with E-state index in [-0.39, 0.29) is 28.4 Å². The lowest BCUT2D eigenvalue weighted by atomic mass is 9.69. The number of anilines is 1. The fraction of sp³-hybridized carbons (Fsp3) is 0.471. The Morgan fingerprint density at radius 3 is 2.32 bits per heavy atom. The Bertz CT molecular complexity index is 974. The van der Waals surface area contributed by atoms with Gasteiger partial charge in [0.05, 0.1) is 34.3 Å². The number of ether oxygens (including phenoxy) is 1.